The van der Waals surface area contributed by atoms with Crippen LogP contribution in [-0.4, -0.2) is 39.9 Å². The summed E-state index contributed by atoms with van der Waals surface area (Å²) in [6.07, 6.45) is 3.19. The molecule has 1 aliphatic heterocycles. The summed E-state index contributed by atoms with van der Waals surface area (Å²) in [4.78, 5) is 22.2. The highest BCUT2D eigenvalue weighted by molar-refractivity contribution is 6.05. The lowest BCUT2D eigenvalue weighted by atomic mass is 9.95. The van der Waals surface area contributed by atoms with Gasteiger partial charge in [-0.2, -0.15) is 4.98 Å². The summed E-state index contributed by atoms with van der Waals surface area (Å²) in [6.45, 7) is 1.79. The van der Waals surface area contributed by atoms with E-state index in [9.17, 15) is 9.18 Å². The van der Waals surface area contributed by atoms with Gasteiger partial charge in [0.1, 0.15) is 11.9 Å². The van der Waals surface area contributed by atoms with Gasteiger partial charge in [-0.05, 0) is 55.0 Å². The van der Waals surface area contributed by atoms with Crippen LogP contribution in [0, 0.1) is 5.82 Å². The average molecular weight is 487 g/mol. The van der Waals surface area contributed by atoms with Crippen molar-refractivity contribution in [1.29, 1.82) is 0 Å². The summed E-state index contributed by atoms with van der Waals surface area (Å²) < 4.78 is 26.1. The normalized spacial score (nSPS) is 14.6. The molecule has 5 rings (SSSR count). The van der Waals surface area contributed by atoms with E-state index in [0.717, 1.165) is 0 Å². The molecular formula is C26H23FN6O3. The van der Waals surface area contributed by atoms with Gasteiger partial charge in [0.25, 0.3) is 5.91 Å². The maximum absolute atomic E-state index is 13.8. The molecule has 0 spiro atoms. The van der Waals surface area contributed by atoms with E-state index in [4.69, 9.17) is 14.6 Å². The van der Waals surface area contributed by atoms with E-state index in [2.05, 4.69) is 20.6 Å². The van der Waals surface area contributed by atoms with Gasteiger partial charge in [0.2, 0.25) is 5.95 Å². The fourth-order valence-electron chi connectivity index (χ4n) is 4.13. The number of nitrogens with zero attached hydrogens (tertiary/aromatic N) is 4. The topological polar surface area (TPSA) is 103 Å². The summed E-state index contributed by atoms with van der Waals surface area (Å²) in [5.41, 5.74) is 2.95. The Balaban J connectivity index is 1.59. The minimum absolute atomic E-state index is 0.337. The zero-order chi connectivity index (χ0) is 25.2. The van der Waals surface area contributed by atoms with Crippen LogP contribution in [0.3, 0.4) is 0 Å². The van der Waals surface area contributed by atoms with Crippen LogP contribution in [-0.2, 0) is 4.79 Å². The van der Waals surface area contributed by atoms with Crippen LogP contribution in [0.25, 0.3) is 11.4 Å². The molecule has 10 heteroatoms. The highest BCUT2D eigenvalue weighted by Crippen LogP contribution is 2.38. The number of anilines is 2. The van der Waals surface area contributed by atoms with Crippen LogP contribution in [0.4, 0.5) is 16.0 Å². The maximum atomic E-state index is 13.8. The van der Waals surface area contributed by atoms with Crippen molar-refractivity contribution in [3.63, 3.8) is 0 Å². The largest absolute Gasteiger partial charge is 0.493 e. The number of rotatable bonds is 6. The molecule has 4 aromatic rings. The van der Waals surface area contributed by atoms with Crippen LogP contribution >= 0.6 is 0 Å². The number of nitrogens with one attached hydrogen (secondary N) is 2. The van der Waals surface area contributed by atoms with Crippen LogP contribution in [0.5, 0.6) is 11.5 Å². The SMILES string of the molecule is COc1ccc(-c2nc3n(n2)[C@H](c2ccc(F)cc2)C(C(=O)Nc2cccnc2)=C(C)N3)cc1OC. The molecule has 2 N–H and O–H groups in total. The zero-order valence-electron chi connectivity index (χ0n) is 19.8. The Morgan fingerprint density at radius 3 is 2.56 bits per heavy atom. The second kappa shape index (κ2) is 9.49. The van der Waals surface area contributed by atoms with Crippen molar-refractivity contribution in [2.75, 3.05) is 24.9 Å². The number of fused-ring (bicyclic) bond motifs is 1. The molecule has 0 radical (unpaired) electrons. The number of halogens is 1. The third-order valence-corrected chi connectivity index (χ3v) is 5.84. The molecule has 36 heavy (non-hydrogen) atoms. The molecular weight excluding hydrogens is 463 g/mol. The number of ether oxygens (including phenoxy) is 2. The fourth-order valence-corrected chi connectivity index (χ4v) is 4.13. The Morgan fingerprint density at radius 2 is 1.86 bits per heavy atom. The highest BCUT2D eigenvalue weighted by Gasteiger charge is 2.34. The Labute approximate surface area is 206 Å². The first kappa shape index (κ1) is 23.0. The third-order valence-electron chi connectivity index (χ3n) is 5.84. The van der Waals surface area contributed by atoms with Crippen molar-refractivity contribution in [3.05, 3.63) is 89.6 Å². The van der Waals surface area contributed by atoms with Gasteiger partial charge in [-0.15, -0.1) is 5.10 Å². The van der Waals surface area contributed by atoms with E-state index in [0.29, 0.717) is 51.4 Å². The number of carbonyl (C=O) groups is 1. The van der Waals surface area contributed by atoms with E-state index in [1.165, 1.54) is 12.1 Å². The summed E-state index contributed by atoms with van der Waals surface area (Å²) in [5.74, 6) is 1.28. The predicted octanol–water partition coefficient (Wildman–Crippen LogP) is 4.42. The number of allylic oxidation sites excluding steroid dienone is 1. The zero-order valence-corrected chi connectivity index (χ0v) is 19.8. The van der Waals surface area contributed by atoms with E-state index in [1.54, 1.807) is 74.6 Å². The van der Waals surface area contributed by atoms with Crippen molar-refractivity contribution in [2.24, 2.45) is 0 Å². The Bertz CT molecular complexity index is 1450. The lowest BCUT2D eigenvalue weighted by Crippen LogP contribution is -2.31. The van der Waals surface area contributed by atoms with Gasteiger partial charge in [0.05, 0.1) is 31.7 Å². The lowest BCUT2D eigenvalue weighted by Gasteiger charge is -2.28. The first-order valence-corrected chi connectivity index (χ1v) is 11.1. The number of hydrogen-bond donors (Lipinski definition) is 2. The van der Waals surface area contributed by atoms with Crippen molar-refractivity contribution in [2.45, 2.75) is 13.0 Å². The predicted molar refractivity (Wildman–Crippen MR) is 132 cm³/mol. The van der Waals surface area contributed by atoms with Gasteiger partial charge in [-0.3, -0.25) is 9.78 Å². The number of benzene rings is 2. The number of methoxy groups -OCH3 is 2. The van der Waals surface area contributed by atoms with Crippen molar-refractivity contribution in [3.8, 4) is 22.9 Å². The first-order valence-electron chi connectivity index (χ1n) is 11.1. The van der Waals surface area contributed by atoms with Crippen LogP contribution in [0.2, 0.25) is 0 Å². The minimum Gasteiger partial charge on any atom is -0.493 e. The molecule has 0 saturated carbocycles. The monoisotopic (exact) mass is 486 g/mol. The van der Waals surface area contributed by atoms with Gasteiger partial charge in [-0.25, -0.2) is 9.07 Å². The molecule has 1 amide bonds. The highest BCUT2D eigenvalue weighted by atomic mass is 19.1. The third kappa shape index (κ3) is 4.24. The van der Waals surface area contributed by atoms with Crippen LogP contribution < -0.4 is 20.1 Å². The number of amides is 1. The Kier molecular flexibility index (Phi) is 6.07. The molecule has 182 valence electrons. The van der Waals surface area contributed by atoms with Gasteiger partial charge >= 0.3 is 0 Å². The molecule has 2 aromatic carbocycles. The molecule has 0 unspecified atom stereocenters. The fraction of sp³-hybridized carbons (Fsp3) is 0.154. The van der Waals surface area contributed by atoms with Crippen molar-refractivity contribution < 1.29 is 18.7 Å². The van der Waals surface area contributed by atoms with E-state index < -0.39 is 6.04 Å². The quantitative estimate of drug-likeness (QED) is 0.416. The summed E-state index contributed by atoms with van der Waals surface area (Å²) in [7, 11) is 3.12. The average Bonchev–Trinajstić information content (AvgIpc) is 3.32. The van der Waals surface area contributed by atoms with Crippen molar-refractivity contribution >= 4 is 17.5 Å². The van der Waals surface area contributed by atoms with Gasteiger partial charge in [-0.1, -0.05) is 12.1 Å². The summed E-state index contributed by atoms with van der Waals surface area (Å²) in [6, 6.07) is 14.2. The second-order valence-electron chi connectivity index (χ2n) is 8.09. The smallest absolute Gasteiger partial charge is 0.255 e. The van der Waals surface area contributed by atoms with Crippen molar-refractivity contribution in [1.82, 2.24) is 19.7 Å². The molecule has 1 aliphatic rings. The van der Waals surface area contributed by atoms with E-state index in [1.807, 2.05) is 6.07 Å². The summed E-state index contributed by atoms with van der Waals surface area (Å²) in [5, 5.41) is 10.8. The number of carbonyl (C=O) groups excluding carboxylic acids is 1. The van der Waals surface area contributed by atoms with Crippen LogP contribution in [0.15, 0.2) is 78.3 Å². The maximum Gasteiger partial charge on any atom is 0.255 e. The molecule has 3 heterocycles. The number of pyridine rings is 1. The second-order valence-corrected chi connectivity index (χ2v) is 8.09. The molecule has 1 atom stereocenters. The number of hydrogen-bond acceptors (Lipinski definition) is 7. The number of aromatic nitrogens is 4. The van der Waals surface area contributed by atoms with E-state index >= 15 is 0 Å². The molecule has 0 bridgehead atoms. The lowest BCUT2D eigenvalue weighted by molar-refractivity contribution is -0.113. The summed E-state index contributed by atoms with van der Waals surface area (Å²) >= 11 is 0. The molecule has 0 fully saturated rings. The molecule has 9 nitrogen and oxygen atoms in total. The molecule has 0 aliphatic carbocycles. The Hall–Kier alpha value is -4.73. The molecule has 0 saturated heterocycles. The van der Waals surface area contributed by atoms with Gasteiger partial charge in [0.15, 0.2) is 17.3 Å². The first-order chi connectivity index (χ1) is 17.5. The minimum atomic E-state index is -0.653. The van der Waals surface area contributed by atoms with Crippen LogP contribution in [0.1, 0.15) is 18.5 Å². The molecule has 2 aromatic heterocycles. The van der Waals surface area contributed by atoms with E-state index in [-0.39, 0.29) is 11.7 Å². The van der Waals surface area contributed by atoms with Gasteiger partial charge < -0.3 is 20.1 Å². The van der Waals surface area contributed by atoms with Gasteiger partial charge in [0, 0.05) is 17.5 Å². The Morgan fingerprint density at radius 1 is 1.08 bits per heavy atom. The standard InChI is InChI=1S/C26H23FN6O3/c1-15-22(25(34)30-19-5-4-12-28-14-19)23(16-6-9-18(27)10-7-16)33-26(29-15)31-24(32-33)17-8-11-20(35-2)21(13-17)36-3/h4-14,23H,1-3H3,(H,30,34)(H,29,31,32)/t23-/m1/s1.